The number of aromatic nitrogens is 1. The molecule has 0 bridgehead atoms. The molecule has 39 heavy (non-hydrogen) atoms. The number of para-hydroxylation sites is 1. The minimum Gasteiger partial charge on any atom is -0.464 e. The first-order valence-electron chi connectivity index (χ1n) is 12.4. The first-order valence-corrected chi connectivity index (χ1v) is 13.3. The molecule has 3 aromatic rings. The molecule has 2 atom stereocenters. The van der Waals surface area contributed by atoms with Gasteiger partial charge in [0.1, 0.15) is 18.6 Å². The van der Waals surface area contributed by atoms with Crippen LogP contribution in [0.15, 0.2) is 65.9 Å². The largest absolute Gasteiger partial charge is 0.464 e. The zero-order chi connectivity index (χ0) is 27.9. The van der Waals surface area contributed by atoms with Crippen molar-refractivity contribution in [2.24, 2.45) is 11.0 Å². The highest BCUT2D eigenvalue weighted by molar-refractivity contribution is 8.03. The number of azide groups is 1. The van der Waals surface area contributed by atoms with E-state index in [1.807, 2.05) is 54.6 Å². The Labute approximate surface area is 230 Å². The van der Waals surface area contributed by atoms with Gasteiger partial charge in [0.15, 0.2) is 0 Å². The summed E-state index contributed by atoms with van der Waals surface area (Å²) < 4.78 is 10.7. The molecule has 0 aliphatic rings. The number of carbonyl (C=O) groups is 3. The van der Waals surface area contributed by atoms with E-state index in [2.05, 4.69) is 31.5 Å². The van der Waals surface area contributed by atoms with E-state index in [1.165, 1.54) is 0 Å². The van der Waals surface area contributed by atoms with Crippen molar-refractivity contribution in [2.45, 2.75) is 32.4 Å². The number of benzene rings is 2. The Bertz CT molecular complexity index is 1370. The van der Waals surface area contributed by atoms with Gasteiger partial charge in [0, 0.05) is 40.7 Å². The molecule has 202 valence electrons. The topological polar surface area (TPSA) is 146 Å². The van der Waals surface area contributed by atoms with E-state index in [4.69, 9.17) is 15.0 Å². The summed E-state index contributed by atoms with van der Waals surface area (Å²) in [5, 5.41) is 9.79. The maximum Gasteiger partial charge on any atom is 0.329 e. The van der Waals surface area contributed by atoms with Gasteiger partial charge < -0.3 is 19.8 Å². The van der Waals surface area contributed by atoms with Gasteiger partial charge in [0.05, 0.1) is 6.61 Å². The van der Waals surface area contributed by atoms with Crippen LogP contribution in [0.1, 0.15) is 24.5 Å². The highest BCUT2D eigenvalue weighted by Gasteiger charge is 2.33. The molecule has 10 nitrogen and oxygen atoms in total. The molecule has 0 aliphatic carbocycles. The lowest BCUT2D eigenvalue weighted by Crippen LogP contribution is -2.48. The van der Waals surface area contributed by atoms with Crippen molar-refractivity contribution in [1.29, 1.82) is 0 Å². The standard InChI is InChI=1S/C28H29N5O5S/c1-2-37-28(36)25(19-39-15-9-8-14-31-33-29)32-26(34)23(27(35)38-18-20-10-4-3-5-11-20)16-21-17-30-24-13-7-6-12-22(21)24/h3-7,10-13,17,23,25,30H,2,8,14,16,18-19H2,1H3,(H,32,34). The Balaban J connectivity index is 1.76. The number of fused-ring (bicyclic) bond motifs is 1. The lowest BCUT2D eigenvalue weighted by Gasteiger charge is -2.20. The normalized spacial score (nSPS) is 11.8. The fraction of sp³-hybridized carbons (Fsp3) is 0.321. The second-order valence-corrected chi connectivity index (χ2v) is 9.14. The van der Waals surface area contributed by atoms with Crippen molar-refractivity contribution in [3.63, 3.8) is 0 Å². The molecule has 0 spiro atoms. The van der Waals surface area contributed by atoms with E-state index in [0.717, 1.165) is 33.8 Å². The summed E-state index contributed by atoms with van der Waals surface area (Å²) in [6.07, 6.45) is 2.21. The lowest BCUT2D eigenvalue weighted by atomic mass is 9.97. The molecule has 0 radical (unpaired) electrons. The third-order valence-electron chi connectivity index (χ3n) is 5.61. The van der Waals surface area contributed by atoms with Crippen LogP contribution < -0.4 is 5.32 Å². The van der Waals surface area contributed by atoms with Crippen molar-refractivity contribution in [1.82, 2.24) is 10.3 Å². The quantitative estimate of drug-likeness (QED) is 0.0612. The minimum absolute atomic E-state index is 0.0138. The average Bonchev–Trinajstić information content (AvgIpc) is 3.37. The number of rotatable bonds is 13. The molecule has 0 fully saturated rings. The molecule has 0 aliphatic heterocycles. The SMILES string of the molecule is CCOC(=O)C(CSC#CCCN=[N+]=[N-])NC(=O)C(Cc1c[nH]c2ccccc12)C(=O)OCc1ccccc1. The summed E-state index contributed by atoms with van der Waals surface area (Å²) in [4.78, 5) is 45.1. The van der Waals surface area contributed by atoms with Crippen LogP contribution >= 0.6 is 11.8 Å². The van der Waals surface area contributed by atoms with Crippen LogP contribution in [0.5, 0.6) is 0 Å². The van der Waals surface area contributed by atoms with E-state index in [9.17, 15) is 14.4 Å². The molecular weight excluding hydrogens is 518 g/mol. The van der Waals surface area contributed by atoms with E-state index >= 15 is 0 Å². The van der Waals surface area contributed by atoms with Crippen LogP contribution in [-0.4, -0.2) is 47.8 Å². The van der Waals surface area contributed by atoms with Crippen molar-refractivity contribution in [3.8, 4) is 11.2 Å². The van der Waals surface area contributed by atoms with Crippen LogP contribution in [0.2, 0.25) is 0 Å². The second kappa shape index (κ2) is 15.8. The molecule has 2 unspecified atom stereocenters. The number of H-pyrrole nitrogens is 1. The molecule has 2 aromatic carbocycles. The Morgan fingerprint density at radius 3 is 2.64 bits per heavy atom. The number of hydrogen-bond donors (Lipinski definition) is 2. The number of thioether (sulfide) groups is 1. The molecule has 3 rings (SSSR count). The van der Waals surface area contributed by atoms with Gasteiger partial charge in [0.2, 0.25) is 5.91 Å². The Kier molecular flexibility index (Phi) is 11.8. The van der Waals surface area contributed by atoms with Gasteiger partial charge in [-0.25, -0.2) is 4.79 Å². The summed E-state index contributed by atoms with van der Waals surface area (Å²) in [6, 6.07) is 15.7. The monoisotopic (exact) mass is 547 g/mol. The predicted molar refractivity (Wildman–Crippen MR) is 149 cm³/mol. The Morgan fingerprint density at radius 2 is 1.87 bits per heavy atom. The van der Waals surface area contributed by atoms with Crippen LogP contribution in [0.4, 0.5) is 0 Å². The van der Waals surface area contributed by atoms with E-state index in [1.54, 1.807) is 13.1 Å². The summed E-state index contributed by atoms with van der Waals surface area (Å²) >= 11 is 1.12. The van der Waals surface area contributed by atoms with Gasteiger partial charge in [-0.05, 0) is 41.3 Å². The van der Waals surface area contributed by atoms with Crippen LogP contribution in [0.3, 0.4) is 0 Å². The van der Waals surface area contributed by atoms with Gasteiger partial charge in [-0.1, -0.05) is 71.3 Å². The third-order valence-corrected chi connectivity index (χ3v) is 6.39. The van der Waals surface area contributed by atoms with Gasteiger partial charge in [-0.3, -0.25) is 9.59 Å². The fourth-order valence-electron chi connectivity index (χ4n) is 3.69. The number of nitrogens with zero attached hydrogens (tertiary/aromatic N) is 3. The summed E-state index contributed by atoms with van der Waals surface area (Å²) in [5.74, 6) is -0.241. The van der Waals surface area contributed by atoms with Gasteiger partial charge in [-0.15, -0.1) is 0 Å². The van der Waals surface area contributed by atoms with Crippen LogP contribution in [0.25, 0.3) is 21.3 Å². The molecule has 1 aromatic heterocycles. The highest BCUT2D eigenvalue weighted by Crippen LogP contribution is 2.22. The summed E-state index contributed by atoms with van der Waals surface area (Å²) in [6.45, 7) is 2.05. The maximum absolute atomic E-state index is 13.5. The first kappa shape index (κ1) is 29.2. The van der Waals surface area contributed by atoms with E-state index < -0.39 is 29.8 Å². The first-order chi connectivity index (χ1) is 19.0. The minimum atomic E-state index is -1.20. The number of esters is 2. The molecule has 1 heterocycles. The lowest BCUT2D eigenvalue weighted by molar-refractivity contribution is -0.155. The zero-order valence-corrected chi connectivity index (χ0v) is 22.3. The Morgan fingerprint density at radius 1 is 1.10 bits per heavy atom. The molecule has 1 amide bonds. The predicted octanol–water partition coefficient (Wildman–Crippen LogP) is 4.51. The third kappa shape index (κ3) is 9.14. The number of nitrogens with one attached hydrogen (secondary N) is 2. The highest BCUT2D eigenvalue weighted by atomic mass is 32.2. The van der Waals surface area contributed by atoms with Crippen molar-refractivity contribution in [2.75, 3.05) is 18.9 Å². The van der Waals surface area contributed by atoms with Gasteiger partial charge in [0.25, 0.3) is 0 Å². The van der Waals surface area contributed by atoms with E-state index in [0.29, 0.717) is 6.42 Å². The van der Waals surface area contributed by atoms with E-state index in [-0.39, 0.29) is 31.9 Å². The molecule has 0 saturated heterocycles. The van der Waals surface area contributed by atoms with Crippen LogP contribution in [-0.2, 0) is 36.9 Å². The zero-order valence-electron chi connectivity index (χ0n) is 21.5. The number of aromatic amines is 1. The number of amides is 1. The van der Waals surface area contributed by atoms with Crippen molar-refractivity contribution < 1.29 is 23.9 Å². The second-order valence-electron chi connectivity index (χ2n) is 8.32. The maximum atomic E-state index is 13.5. The molecule has 0 saturated carbocycles. The number of ether oxygens (including phenoxy) is 2. The number of hydrogen-bond acceptors (Lipinski definition) is 7. The molecular formula is C28H29N5O5S. The van der Waals surface area contributed by atoms with Gasteiger partial charge >= 0.3 is 11.9 Å². The summed E-state index contributed by atoms with van der Waals surface area (Å²) in [7, 11) is 0. The van der Waals surface area contributed by atoms with Crippen molar-refractivity contribution >= 4 is 40.5 Å². The van der Waals surface area contributed by atoms with Gasteiger partial charge in [-0.2, -0.15) is 0 Å². The molecule has 2 N–H and O–H groups in total. The average molecular weight is 548 g/mol. The fourth-order valence-corrected chi connectivity index (χ4v) is 4.37. The summed E-state index contributed by atoms with van der Waals surface area (Å²) in [5.41, 5.74) is 10.8. The van der Waals surface area contributed by atoms with Crippen molar-refractivity contribution in [3.05, 3.63) is 82.4 Å². The molecule has 11 heteroatoms. The number of carbonyl (C=O) groups excluding carboxylic acids is 3. The van der Waals surface area contributed by atoms with Crippen LogP contribution in [0, 0.1) is 17.1 Å². The smallest absolute Gasteiger partial charge is 0.329 e. The Hall–Kier alpha value is -4.39.